The molecule has 0 radical (unpaired) electrons. The normalized spacial score (nSPS) is 17.0. The van der Waals surface area contributed by atoms with Crippen molar-refractivity contribution in [2.45, 2.75) is 18.6 Å². The molecule has 1 aromatic heterocycles. The van der Waals surface area contributed by atoms with Crippen LogP contribution >= 0.6 is 0 Å². The Balaban J connectivity index is 2.23. The number of anilines is 1. The van der Waals surface area contributed by atoms with Gasteiger partial charge in [-0.2, -0.15) is 18.3 Å². The Morgan fingerprint density at radius 2 is 1.88 bits per heavy atom. The number of benzene rings is 1. The van der Waals surface area contributed by atoms with Gasteiger partial charge >= 0.3 is 6.18 Å². The van der Waals surface area contributed by atoms with Crippen molar-refractivity contribution in [3.05, 3.63) is 34.1 Å². The van der Waals surface area contributed by atoms with Crippen molar-refractivity contribution in [1.29, 1.82) is 0 Å². The molecule has 2 heterocycles. The Bertz CT molecular complexity index is 867. The number of halogens is 5. The van der Waals surface area contributed by atoms with Gasteiger partial charge in [-0.15, -0.1) is 0 Å². The molecule has 0 atom stereocenters. The predicted molar refractivity (Wildman–Crippen MR) is 74.2 cm³/mol. The van der Waals surface area contributed by atoms with Gasteiger partial charge in [-0.1, -0.05) is 0 Å². The van der Waals surface area contributed by atoms with Crippen molar-refractivity contribution in [2.24, 2.45) is 0 Å². The summed E-state index contributed by atoms with van der Waals surface area (Å²) in [7, 11) is 0. The van der Waals surface area contributed by atoms with E-state index in [1.165, 1.54) is 0 Å². The number of aromatic nitrogens is 2. The van der Waals surface area contributed by atoms with Crippen LogP contribution in [0.4, 0.5) is 27.8 Å². The monoisotopic (exact) mass is 347 g/mol. The average Bonchev–Trinajstić information content (AvgIpc) is 2.46. The van der Waals surface area contributed by atoms with Gasteiger partial charge in [0.25, 0.3) is 11.5 Å². The minimum Gasteiger partial charge on any atom is -0.342 e. The standard InChI is InChI=1S/C14H10F5N3O2/c15-13(16)6-21(7-13)11-10-5-8(14(17,18)19)1-2-9(10)12(24)22(20-11)3-4-23/h1-2,4-5H,3,6-7H2. The predicted octanol–water partition coefficient (Wildman–Crippen LogP) is 2.07. The highest BCUT2D eigenvalue weighted by Gasteiger charge is 2.45. The molecule has 0 aliphatic carbocycles. The quantitative estimate of drug-likeness (QED) is 0.630. The van der Waals surface area contributed by atoms with Crippen LogP contribution < -0.4 is 10.5 Å². The molecule has 1 aliphatic heterocycles. The first kappa shape index (κ1) is 16.3. The van der Waals surface area contributed by atoms with E-state index in [0.29, 0.717) is 12.4 Å². The molecule has 1 fully saturated rings. The smallest absolute Gasteiger partial charge is 0.342 e. The Morgan fingerprint density at radius 1 is 1.21 bits per heavy atom. The number of fused-ring (bicyclic) bond motifs is 1. The summed E-state index contributed by atoms with van der Waals surface area (Å²) in [5.41, 5.74) is -1.78. The van der Waals surface area contributed by atoms with E-state index in [9.17, 15) is 31.5 Å². The van der Waals surface area contributed by atoms with Crippen molar-refractivity contribution < 1.29 is 26.7 Å². The fraction of sp³-hybridized carbons (Fsp3) is 0.357. The zero-order valence-corrected chi connectivity index (χ0v) is 12.0. The lowest BCUT2D eigenvalue weighted by Gasteiger charge is -2.40. The molecule has 0 saturated carbocycles. The van der Waals surface area contributed by atoms with E-state index in [4.69, 9.17) is 0 Å². The van der Waals surface area contributed by atoms with Crippen LogP contribution in [-0.4, -0.2) is 35.1 Å². The average molecular weight is 347 g/mol. The first-order chi connectivity index (χ1) is 11.1. The Kier molecular flexibility index (Phi) is 3.57. The van der Waals surface area contributed by atoms with Gasteiger partial charge in [-0.3, -0.25) is 4.79 Å². The molecule has 0 spiro atoms. The second-order valence-electron chi connectivity index (χ2n) is 5.45. The first-order valence-corrected chi connectivity index (χ1v) is 6.81. The maximum absolute atomic E-state index is 13.1. The second kappa shape index (κ2) is 5.25. The van der Waals surface area contributed by atoms with Crippen molar-refractivity contribution in [3.8, 4) is 0 Å². The van der Waals surface area contributed by atoms with Crippen molar-refractivity contribution in [2.75, 3.05) is 18.0 Å². The van der Waals surface area contributed by atoms with Crippen LogP contribution in [0.15, 0.2) is 23.0 Å². The topological polar surface area (TPSA) is 55.2 Å². The molecule has 10 heteroatoms. The number of carbonyl (C=O) groups is 1. The molecule has 128 valence electrons. The Labute approximate surface area is 131 Å². The molecule has 2 aromatic rings. The van der Waals surface area contributed by atoms with E-state index in [1.807, 2.05) is 0 Å². The minimum atomic E-state index is -4.65. The molecule has 1 saturated heterocycles. The van der Waals surface area contributed by atoms with E-state index in [0.717, 1.165) is 21.7 Å². The van der Waals surface area contributed by atoms with Crippen LogP contribution in [-0.2, 0) is 17.5 Å². The lowest BCUT2D eigenvalue weighted by atomic mass is 10.1. The van der Waals surface area contributed by atoms with Crippen molar-refractivity contribution in [1.82, 2.24) is 9.78 Å². The second-order valence-corrected chi connectivity index (χ2v) is 5.45. The molecular formula is C14H10F5N3O2. The maximum atomic E-state index is 13.1. The lowest BCUT2D eigenvalue weighted by molar-refractivity contribution is -0.137. The highest BCUT2D eigenvalue weighted by molar-refractivity contribution is 5.92. The van der Waals surface area contributed by atoms with Crippen LogP contribution in [0, 0.1) is 0 Å². The molecule has 0 N–H and O–H groups in total. The number of nitrogens with zero attached hydrogens (tertiary/aromatic N) is 3. The fourth-order valence-corrected chi connectivity index (χ4v) is 2.53. The van der Waals surface area contributed by atoms with Gasteiger partial charge in [0.05, 0.1) is 24.0 Å². The molecule has 1 aromatic carbocycles. The van der Waals surface area contributed by atoms with Gasteiger partial charge in [0.1, 0.15) is 12.8 Å². The van der Waals surface area contributed by atoms with E-state index >= 15 is 0 Å². The van der Waals surface area contributed by atoms with Crippen LogP contribution in [0.2, 0.25) is 0 Å². The zero-order valence-electron chi connectivity index (χ0n) is 12.0. The number of aldehydes is 1. The molecule has 24 heavy (non-hydrogen) atoms. The van der Waals surface area contributed by atoms with E-state index in [1.54, 1.807) is 0 Å². The fourth-order valence-electron chi connectivity index (χ4n) is 2.53. The van der Waals surface area contributed by atoms with Gasteiger partial charge in [0.15, 0.2) is 5.82 Å². The summed E-state index contributed by atoms with van der Waals surface area (Å²) in [4.78, 5) is 23.9. The molecule has 3 rings (SSSR count). The Hall–Kier alpha value is -2.52. The zero-order chi connectivity index (χ0) is 17.7. The van der Waals surface area contributed by atoms with Crippen molar-refractivity contribution in [3.63, 3.8) is 0 Å². The Morgan fingerprint density at radius 3 is 2.42 bits per heavy atom. The third-order valence-corrected chi connectivity index (χ3v) is 3.66. The molecular weight excluding hydrogens is 337 g/mol. The summed E-state index contributed by atoms with van der Waals surface area (Å²) in [6, 6.07) is 2.40. The van der Waals surface area contributed by atoms with Gasteiger partial charge < -0.3 is 9.69 Å². The van der Waals surface area contributed by atoms with Gasteiger partial charge in [0.2, 0.25) is 0 Å². The van der Waals surface area contributed by atoms with Crippen LogP contribution in [0.5, 0.6) is 0 Å². The van der Waals surface area contributed by atoms with Gasteiger partial charge in [-0.25, -0.2) is 13.5 Å². The minimum absolute atomic E-state index is 0.120. The van der Waals surface area contributed by atoms with Gasteiger partial charge in [0, 0.05) is 5.39 Å². The summed E-state index contributed by atoms with van der Waals surface area (Å²) in [5.74, 6) is -3.15. The third-order valence-electron chi connectivity index (χ3n) is 3.66. The number of carbonyl (C=O) groups excluding carboxylic acids is 1. The summed E-state index contributed by atoms with van der Waals surface area (Å²) in [5, 5.41) is 3.51. The lowest BCUT2D eigenvalue weighted by Crippen LogP contribution is -2.57. The summed E-state index contributed by atoms with van der Waals surface area (Å²) in [6.45, 7) is -1.86. The summed E-state index contributed by atoms with van der Waals surface area (Å²) >= 11 is 0. The number of hydrogen-bond donors (Lipinski definition) is 0. The molecule has 0 amide bonds. The third kappa shape index (κ3) is 2.72. The van der Waals surface area contributed by atoms with E-state index in [-0.39, 0.29) is 16.6 Å². The summed E-state index contributed by atoms with van der Waals surface area (Å²) in [6.07, 6.45) is -4.26. The van der Waals surface area contributed by atoms with E-state index in [2.05, 4.69) is 5.10 Å². The molecule has 0 unspecified atom stereocenters. The molecule has 5 nitrogen and oxygen atoms in total. The van der Waals surface area contributed by atoms with Crippen molar-refractivity contribution >= 4 is 22.9 Å². The summed E-state index contributed by atoms with van der Waals surface area (Å²) < 4.78 is 65.6. The first-order valence-electron chi connectivity index (χ1n) is 6.81. The highest BCUT2D eigenvalue weighted by Crippen LogP contribution is 2.36. The SMILES string of the molecule is O=CCn1nc(N2CC(F)(F)C2)c2cc(C(F)(F)F)ccc2c1=O. The molecule has 1 aliphatic rings. The molecule has 0 bridgehead atoms. The number of hydrogen-bond acceptors (Lipinski definition) is 4. The van der Waals surface area contributed by atoms with Crippen LogP contribution in [0.1, 0.15) is 5.56 Å². The van der Waals surface area contributed by atoms with Crippen LogP contribution in [0.3, 0.4) is 0 Å². The number of rotatable bonds is 3. The maximum Gasteiger partial charge on any atom is 0.416 e. The highest BCUT2D eigenvalue weighted by atomic mass is 19.4. The number of alkyl halides is 5. The largest absolute Gasteiger partial charge is 0.416 e. The van der Waals surface area contributed by atoms with Gasteiger partial charge in [-0.05, 0) is 18.2 Å². The van der Waals surface area contributed by atoms with Crippen LogP contribution in [0.25, 0.3) is 10.8 Å². The van der Waals surface area contributed by atoms with E-state index < -0.39 is 42.9 Å².